The van der Waals surface area contributed by atoms with Gasteiger partial charge in [0.05, 0.1) is 10.2 Å². The van der Waals surface area contributed by atoms with Gasteiger partial charge in [-0.05, 0) is 35.9 Å². The minimum atomic E-state index is 0.845. The highest BCUT2D eigenvalue weighted by molar-refractivity contribution is 7.22. The van der Waals surface area contributed by atoms with Crippen LogP contribution in [0.3, 0.4) is 0 Å². The van der Waals surface area contributed by atoms with Crippen molar-refractivity contribution in [2.24, 2.45) is 7.05 Å². The second kappa shape index (κ2) is 5.97. The molecule has 0 aliphatic carbocycles. The molecule has 0 unspecified atom stereocenters. The second-order valence-electron chi connectivity index (χ2n) is 6.24. The standard InChI is InChI=1S/C21H16N4S/c1-25-10-9-15-11-16(7-8-18(15)25)24-21-20-17(22-13-23-21)12-19(26-20)14-5-3-2-4-6-14/h2-13H,1H3,(H,22,23,24). The van der Waals surface area contributed by atoms with Gasteiger partial charge in [0, 0.05) is 34.7 Å². The predicted molar refractivity (Wildman–Crippen MR) is 109 cm³/mol. The fourth-order valence-corrected chi connectivity index (χ4v) is 4.25. The molecule has 0 atom stereocenters. The van der Waals surface area contributed by atoms with Gasteiger partial charge >= 0.3 is 0 Å². The number of aryl methyl sites for hydroxylation is 1. The van der Waals surface area contributed by atoms with Crippen LogP contribution in [-0.4, -0.2) is 14.5 Å². The Morgan fingerprint density at radius 3 is 2.73 bits per heavy atom. The van der Waals surface area contributed by atoms with Gasteiger partial charge in [-0.1, -0.05) is 30.3 Å². The minimum absolute atomic E-state index is 0.845. The van der Waals surface area contributed by atoms with Gasteiger partial charge in [-0.15, -0.1) is 11.3 Å². The number of anilines is 2. The molecule has 0 aliphatic rings. The van der Waals surface area contributed by atoms with Crippen LogP contribution in [-0.2, 0) is 7.05 Å². The first-order valence-electron chi connectivity index (χ1n) is 8.40. The molecule has 3 aromatic heterocycles. The van der Waals surface area contributed by atoms with Gasteiger partial charge in [0.2, 0.25) is 0 Å². The van der Waals surface area contributed by atoms with E-state index in [0.717, 1.165) is 21.7 Å². The predicted octanol–water partition coefficient (Wildman–Crippen LogP) is 5.59. The quantitative estimate of drug-likeness (QED) is 0.458. The maximum absolute atomic E-state index is 4.48. The van der Waals surface area contributed by atoms with Gasteiger partial charge in [0.15, 0.2) is 5.82 Å². The molecule has 0 saturated carbocycles. The highest BCUT2D eigenvalue weighted by Crippen LogP contribution is 2.36. The van der Waals surface area contributed by atoms with E-state index in [1.807, 2.05) is 6.07 Å². The normalized spacial score (nSPS) is 11.3. The maximum Gasteiger partial charge on any atom is 0.151 e. The molecule has 1 N–H and O–H groups in total. The minimum Gasteiger partial charge on any atom is -0.351 e. The van der Waals surface area contributed by atoms with Gasteiger partial charge in [-0.3, -0.25) is 0 Å². The molecule has 3 heterocycles. The van der Waals surface area contributed by atoms with Crippen molar-refractivity contribution in [1.29, 1.82) is 0 Å². The summed E-state index contributed by atoms with van der Waals surface area (Å²) in [6.07, 6.45) is 3.69. The molecule has 0 aliphatic heterocycles. The monoisotopic (exact) mass is 356 g/mol. The van der Waals surface area contributed by atoms with Crippen LogP contribution in [0, 0.1) is 0 Å². The van der Waals surface area contributed by atoms with E-state index >= 15 is 0 Å². The lowest BCUT2D eigenvalue weighted by atomic mass is 10.2. The van der Waals surface area contributed by atoms with Gasteiger partial charge in [0.25, 0.3) is 0 Å². The van der Waals surface area contributed by atoms with E-state index < -0.39 is 0 Å². The van der Waals surface area contributed by atoms with E-state index in [1.165, 1.54) is 21.3 Å². The van der Waals surface area contributed by atoms with Crippen LogP contribution in [0.1, 0.15) is 0 Å². The third kappa shape index (κ3) is 2.53. The van der Waals surface area contributed by atoms with Crippen molar-refractivity contribution in [3.05, 3.63) is 73.2 Å². The van der Waals surface area contributed by atoms with Gasteiger partial charge < -0.3 is 9.88 Å². The molecule has 0 amide bonds. The van der Waals surface area contributed by atoms with Crippen LogP contribution in [0.5, 0.6) is 0 Å². The summed E-state index contributed by atoms with van der Waals surface area (Å²) in [4.78, 5) is 10.1. The van der Waals surface area contributed by atoms with Gasteiger partial charge in [-0.25, -0.2) is 9.97 Å². The zero-order valence-corrected chi connectivity index (χ0v) is 15.0. The summed E-state index contributed by atoms with van der Waals surface area (Å²) >= 11 is 1.71. The first-order chi connectivity index (χ1) is 12.8. The summed E-state index contributed by atoms with van der Waals surface area (Å²) in [6, 6.07) is 21.0. The van der Waals surface area contributed by atoms with Crippen LogP contribution >= 0.6 is 11.3 Å². The van der Waals surface area contributed by atoms with Gasteiger partial charge in [0.1, 0.15) is 6.33 Å². The summed E-state index contributed by atoms with van der Waals surface area (Å²) in [6.45, 7) is 0. The smallest absolute Gasteiger partial charge is 0.151 e. The average molecular weight is 356 g/mol. The molecule has 26 heavy (non-hydrogen) atoms. The van der Waals surface area contributed by atoms with E-state index in [9.17, 15) is 0 Å². The van der Waals surface area contributed by atoms with Crippen molar-refractivity contribution in [1.82, 2.24) is 14.5 Å². The molecule has 0 bridgehead atoms. The Bertz CT molecular complexity index is 1220. The summed E-state index contributed by atoms with van der Waals surface area (Å²) in [5.41, 5.74) is 4.41. The third-order valence-corrected chi connectivity index (χ3v) is 5.70. The van der Waals surface area contributed by atoms with E-state index in [-0.39, 0.29) is 0 Å². The first-order valence-corrected chi connectivity index (χ1v) is 9.22. The first kappa shape index (κ1) is 15.1. The van der Waals surface area contributed by atoms with Crippen molar-refractivity contribution >= 4 is 44.0 Å². The Morgan fingerprint density at radius 1 is 0.962 bits per heavy atom. The number of rotatable bonds is 3. The molecule has 5 rings (SSSR count). The zero-order valence-electron chi connectivity index (χ0n) is 14.2. The fraction of sp³-hybridized carbons (Fsp3) is 0.0476. The molecule has 126 valence electrons. The van der Waals surface area contributed by atoms with Crippen molar-refractivity contribution in [3.8, 4) is 10.4 Å². The van der Waals surface area contributed by atoms with E-state index in [0.29, 0.717) is 0 Å². The van der Waals surface area contributed by atoms with Crippen LogP contribution in [0.4, 0.5) is 11.5 Å². The van der Waals surface area contributed by atoms with Gasteiger partial charge in [-0.2, -0.15) is 0 Å². The van der Waals surface area contributed by atoms with E-state index in [1.54, 1.807) is 17.7 Å². The Balaban J connectivity index is 1.56. The number of aromatic nitrogens is 3. The maximum atomic E-state index is 4.48. The molecule has 0 spiro atoms. The molecule has 5 heteroatoms. The number of thiophene rings is 1. The van der Waals surface area contributed by atoms with Crippen LogP contribution in [0.2, 0.25) is 0 Å². The molecule has 5 aromatic rings. The van der Waals surface area contributed by atoms with Crippen LogP contribution in [0.25, 0.3) is 31.6 Å². The number of hydrogen-bond acceptors (Lipinski definition) is 4. The van der Waals surface area contributed by atoms with Crippen LogP contribution in [0.15, 0.2) is 73.2 Å². The Labute approximate surface area is 154 Å². The highest BCUT2D eigenvalue weighted by atomic mass is 32.1. The molecular formula is C21H16N4S. The lowest BCUT2D eigenvalue weighted by molar-refractivity contribution is 0.969. The Kier molecular flexibility index (Phi) is 3.47. The number of fused-ring (bicyclic) bond motifs is 2. The van der Waals surface area contributed by atoms with E-state index in [4.69, 9.17) is 0 Å². The lowest BCUT2D eigenvalue weighted by Crippen LogP contribution is -1.94. The molecule has 2 aromatic carbocycles. The Morgan fingerprint density at radius 2 is 1.85 bits per heavy atom. The Hall–Kier alpha value is -3.18. The zero-order chi connectivity index (χ0) is 17.5. The summed E-state index contributed by atoms with van der Waals surface area (Å²) in [5, 5.41) is 4.67. The number of benzene rings is 2. The van der Waals surface area contributed by atoms with Crippen molar-refractivity contribution < 1.29 is 0 Å². The molecule has 4 nitrogen and oxygen atoms in total. The summed E-state index contributed by atoms with van der Waals surface area (Å²) in [5.74, 6) is 0.845. The van der Waals surface area contributed by atoms with E-state index in [2.05, 4.69) is 87.7 Å². The van der Waals surface area contributed by atoms with Crippen molar-refractivity contribution in [2.75, 3.05) is 5.32 Å². The molecular weight excluding hydrogens is 340 g/mol. The molecule has 0 fully saturated rings. The SMILES string of the molecule is Cn1ccc2cc(Nc3ncnc4cc(-c5ccccc5)sc34)ccc21. The topological polar surface area (TPSA) is 42.7 Å². The van der Waals surface area contributed by atoms with Crippen molar-refractivity contribution in [2.45, 2.75) is 0 Å². The highest BCUT2D eigenvalue weighted by Gasteiger charge is 2.11. The second-order valence-corrected chi connectivity index (χ2v) is 7.29. The molecule has 0 radical (unpaired) electrons. The number of nitrogens with one attached hydrogen (secondary N) is 1. The third-order valence-electron chi connectivity index (χ3n) is 4.52. The lowest BCUT2D eigenvalue weighted by Gasteiger charge is -2.07. The fourth-order valence-electron chi connectivity index (χ4n) is 3.18. The number of nitrogens with zero attached hydrogens (tertiary/aromatic N) is 3. The van der Waals surface area contributed by atoms with Crippen molar-refractivity contribution in [3.63, 3.8) is 0 Å². The largest absolute Gasteiger partial charge is 0.351 e. The number of hydrogen-bond donors (Lipinski definition) is 1. The summed E-state index contributed by atoms with van der Waals surface area (Å²) in [7, 11) is 2.06. The van der Waals surface area contributed by atoms with Crippen LogP contribution < -0.4 is 5.32 Å². The summed E-state index contributed by atoms with van der Waals surface area (Å²) < 4.78 is 3.19. The average Bonchev–Trinajstić information content (AvgIpc) is 3.27. The molecule has 0 saturated heterocycles.